The van der Waals surface area contributed by atoms with E-state index in [-0.39, 0.29) is 0 Å². The molecule has 0 amide bonds. The lowest BCUT2D eigenvalue weighted by Gasteiger charge is -2.01. The topological polar surface area (TPSA) is 15.8 Å². The van der Waals surface area contributed by atoms with Crippen molar-refractivity contribution in [3.05, 3.63) is 29.1 Å². The summed E-state index contributed by atoms with van der Waals surface area (Å²) in [5.41, 5.74) is 4.06. The molecule has 0 aromatic carbocycles. The van der Waals surface area contributed by atoms with E-state index in [1.807, 2.05) is 0 Å². The molecule has 1 nitrogen and oxygen atoms in total. The van der Waals surface area contributed by atoms with Gasteiger partial charge in [-0.25, -0.2) is 0 Å². The third kappa shape index (κ3) is 0.783. The smallest absolute Gasteiger partial charge is 0.0411 e. The molecule has 0 radical (unpaired) electrons. The minimum atomic E-state index is 1.20. The molecule has 10 heavy (non-hydrogen) atoms. The van der Waals surface area contributed by atoms with Crippen molar-refractivity contribution in [3.8, 4) is 0 Å². The van der Waals surface area contributed by atoms with Crippen molar-refractivity contribution in [2.24, 2.45) is 0 Å². The zero-order valence-electron chi connectivity index (χ0n) is 6.15. The summed E-state index contributed by atoms with van der Waals surface area (Å²) in [7, 11) is 0. The fraction of sp³-hybridized carbons (Fsp3) is 0.333. The Balaban J connectivity index is 2.53. The molecule has 1 N–H and O–H groups in total. The zero-order valence-corrected chi connectivity index (χ0v) is 6.15. The van der Waals surface area contributed by atoms with Gasteiger partial charge in [-0.1, -0.05) is 6.08 Å². The van der Waals surface area contributed by atoms with Crippen molar-refractivity contribution >= 4 is 6.08 Å². The third-order valence-corrected chi connectivity index (χ3v) is 1.93. The molecule has 0 unspecified atom stereocenters. The van der Waals surface area contributed by atoms with Crippen molar-refractivity contribution in [2.45, 2.75) is 19.8 Å². The van der Waals surface area contributed by atoms with Crippen molar-refractivity contribution in [1.29, 1.82) is 0 Å². The number of hydrogen-bond donors (Lipinski definition) is 1. The van der Waals surface area contributed by atoms with Crippen LogP contribution in [-0.2, 0) is 6.42 Å². The molecule has 0 bridgehead atoms. The lowest BCUT2D eigenvalue weighted by molar-refractivity contribution is 0.985. The van der Waals surface area contributed by atoms with E-state index in [2.05, 4.69) is 30.1 Å². The van der Waals surface area contributed by atoms with Crippen LogP contribution in [0.2, 0.25) is 0 Å². The molecule has 1 heteroatoms. The van der Waals surface area contributed by atoms with Gasteiger partial charge in [0.25, 0.3) is 0 Å². The summed E-state index contributed by atoms with van der Waals surface area (Å²) < 4.78 is 0. The van der Waals surface area contributed by atoms with Gasteiger partial charge in [0.2, 0.25) is 0 Å². The number of aromatic nitrogens is 1. The lowest BCUT2D eigenvalue weighted by atomic mass is 10.1. The van der Waals surface area contributed by atoms with Crippen LogP contribution < -0.4 is 0 Å². The van der Waals surface area contributed by atoms with Crippen LogP contribution in [0.3, 0.4) is 0 Å². The average Bonchev–Trinajstić information content (AvgIpc) is 2.27. The third-order valence-electron chi connectivity index (χ3n) is 1.93. The molecule has 1 aliphatic carbocycles. The summed E-state index contributed by atoms with van der Waals surface area (Å²) in [6.07, 6.45) is 6.80. The Hall–Kier alpha value is -0.980. The van der Waals surface area contributed by atoms with Gasteiger partial charge in [0.05, 0.1) is 0 Å². The average molecular weight is 133 g/mol. The monoisotopic (exact) mass is 133 g/mol. The predicted molar refractivity (Wildman–Crippen MR) is 42.9 cm³/mol. The first-order chi connectivity index (χ1) is 4.86. The molecule has 0 atom stereocenters. The number of hydrogen-bond acceptors (Lipinski definition) is 0. The second-order valence-electron chi connectivity index (χ2n) is 2.83. The van der Waals surface area contributed by atoms with E-state index < -0.39 is 0 Å². The molecule has 0 saturated heterocycles. The number of aromatic amines is 1. The van der Waals surface area contributed by atoms with Gasteiger partial charge in [-0.3, -0.25) is 0 Å². The van der Waals surface area contributed by atoms with Gasteiger partial charge in [-0.2, -0.15) is 0 Å². The number of aryl methyl sites for hydroxylation is 2. The summed E-state index contributed by atoms with van der Waals surface area (Å²) in [6.45, 7) is 2.10. The second kappa shape index (κ2) is 2.01. The first-order valence-corrected chi connectivity index (χ1v) is 3.71. The van der Waals surface area contributed by atoms with E-state index >= 15 is 0 Å². The Bertz CT molecular complexity index is 268. The van der Waals surface area contributed by atoms with Crippen molar-refractivity contribution in [2.75, 3.05) is 0 Å². The maximum atomic E-state index is 3.31. The lowest BCUT2D eigenvalue weighted by Crippen LogP contribution is -1.88. The summed E-state index contributed by atoms with van der Waals surface area (Å²) in [5.74, 6) is 0. The first-order valence-electron chi connectivity index (χ1n) is 3.71. The van der Waals surface area contributed by atoms with E-state index in [1.165, 1.54) is 29.8 Å². The molecule has 1 heterocycles. The van der Waals surface area contributed by atoms with Crippen LogP contribution in [0.15, 0.2) is 12.1 Å². The largest absolute Gasteiger partial charge is 0.359 e. The SMILES string of the molecule is Cc1cc2c([nH]1)C=CCC2. The number of fused-ring (bicyclic) bond motifs is 1. The minimum Gasteiger partial charge on any atom is -0.359 e. The first kappa shape index (κ1) is 5.78. The van der Waals surface area contributed by atoms with Crippen LogP contribution in [0.5, 0.6) is 0 Å². The predicted octanol–water partition coefficient (Wildman–Crippen LogP) is 2.28. The number of H-pyrrole nitrogens is 1. The highest BCUT2D eigenvalue weighted by atomic mass is 14.7. The Morgan fingerprint density at radius 1 is 1.50 bits per heavy atom. The standard InChI is InChI=1S/C9H11N/c1-7-6-8-4-2-3-5-9(8)10-7/h3,5-6,10H,2,4H2,1H3. The minimum absolute atomic E-state index is 1.20. The Morgan fingerprint density at radius 3 is 3.20 bits per heavy atom. The maximum absolute atomic E-state index is 3.31. The van der Waals surface area contributed by atoms with Gasteiger partial charge in [-0.05, 0) is 37.5 Å². The normalized spacial score (nSPS) is 15.3. The molecule has 0 aliphatic heterocycles. The number of allylic oxidation sites excluding steroid dienone is 1. The van der Waals surface area contributed by atoms with Gasteiger partial charge < -0.3 is 4.98 Å². The molecule has 1 aromatic heterocycles. The maximum Gasteiger partial charge on any atom is 0.0411 e. The molecule has 52 valence electrons. The van der Waals surface area contributed by atoms with Crippen LogP contribution in [0.25, 0.3) is 6.08 Å². The van der Waals surface area contributed by atoms with Gasteiger partial charge in [0.1, 0.15) is 0 Å². The van der Waals surface area contributed by atoms with E-state index in [0.717, 1.165) is 0 Å². The fourth-order valence-corrected chi connectivity index (χ4v) is 1.46. The highest BCUT2D eigenvalue weighted by Gasteiger charge is 2.05. The Kier molecular flexibility index (Phi) is 1.16. The van der Waals surface area contributed by atoms with Crippen molar-refractivity contribution in [3.63, 3.8) is 0 Å². The van der Waals surface area contributed by atoms with Gasteiger partial charge in [0.15, 0.2) is 0 Å². The highest BCUT2D eigenvalue weighted by molar-refractivity contribution is 5.53. The molecular weight excluding hydrogens is 122 g/mol. The van der Waals surface area contributed by atoms with Crippen LogP contribution >= 0.6 is 0 Å². The molecular formula is C9H11N. The quantitative estimate of drug-likeness (QED) is 0.559. The van der Waals surface area contributed by atoms with E-state index in [9.17, 15) is 0 Å². The van der Waals surface area contributed by atoms with Crippen LogP contribution in [0.4, 0.5) is 0 Å². The zero-order chi connectivity index (χ0) is 6.97. The molecule has 0 spiro atoms. The van der Waals surface area contributed by atoms with Crippen LogP contribution in [-0.4, -0.2) is 4.98 Å². The highest BCUT2D eigenvalue weighted by Crippen LogP contribution is 2.18. The van der Waals surface area contributed by atoms with E-state index in [1.54, 1.807) is 0 Å². The van der Waals surface area contributed by atoms with Crippen molar-refractivity contribution in [1.82, 2.24) is 4.98 Å². The Morgan fingerprint density at radius 2 is 2.40 bits per heavy atom. The van der Waals surface area contributed by atoms with Gasteiger partial charge in [0, 0.05) is 11.4 Å². The molecule has 2 rings (SSSR count). The summed E-state index contributed by atoms with van der Waals surface area (Å²) in [5, 5.41) is 0. The summed E-state index contributed by atoms with van der Waals surface area (Å²) in [4.78, 5) is 3.31. The van der Waals surface area contributed by atoms with Crippen LogP contribution in [0, 0.1) is 6.92 Å². The summed E-state index contributed by atoms with van der Waals surface area (Å²) in [6, 6.07) is 2.23. The molecule has 0 fully saturated rings. The van der Waals surface area contributed by atoms with E-state index in [4.69, 9.17) is 0 Å². The Labute approximate surface area is 60.8 Å². The van der Waals surface area contributed by atoms with Crippen molar-refractivity contribution < 1.29 is 0 Å². The molecule has 1 aromatic rings. The fourth-order valence-electron chi connectivity index (χ4n) is 1.46. The van der Waals surface area contributed by atoms with Crippen LogP contribution in [0.1, 0.15) is 23.4 Å². The number of nitrogens with one attached hydrogen (secondary N) is 1. The molecule has 0 saturated carbocycles. The van der Waals surface area contributed by atoms with E-state index in [0.29, 0.717) is 0 Å². The number of rotatable bonds is 0. The second-order valence-corrected chi connectivity index (χ2v) is 2.83. The summed E-state index contributed by atoms with van der Waals surface area (Å²) >= 11 is 0. The van der Waals surface area contributed by atoms with Gasteiger partial charge >= 0.3 is 0 Å². The molecule has 1 aliphatic rings. The van der Waals surface area contributed by atoms with Gasteiger partial charge in [-0.15, -0.1) is 0 Å².